The van der Waals surface area contributed by atoms with E-state index in [-0.39, 0.29) is 18.9 Å². The van der Waals surface area contributed by atoms with E-state index in [0.717, 1.165) is 13.1 Å². The molecule has 1 nitrogen and oxygen atoms in total. The maximum atomic E-state index is 2.37. The summed E-state index contributed by atoms with van der Waals surface area (Å²) in [7, 11) is 0. The van der Waals surface area contributed by atoms with Crippen LogP contribution in [-0.2, 0) is 0 Å². The molecular formula is C11H17LiN+. The van der Waals surface area contributed by atoms with Crippen molar-refractivity contribution in [2.24, 2.45) is 0 Å². The summed E-state index contributed by atoms with van der Waals surface area (Å²) >= 11 is 0. The summed E-state index contributed by atoms with van der Waals surface area (Å²) in [5, 5.41) is 0. The number of hydrogen-bond donors (Lipinski definition) is 0. The van der Waals surface area contributed by atoms with Crippen molar-refractivity contribution in [2.75, 3.05) is 18.0 Å². The zero-order valence-corrected chi connectivity index (χ0v) is 9.17. The minimum atomic E-state index is 0. The van der Waals surface area contributed by atoms with Gasteiger partial charge >= 0.3 is 18.9 Å². The smallest absolute Gasteiger partial charge is 0.372 e. The molecule has 0 aliphatic heterocycles. The Bertz CT molecular complexity index is 244. The Hall–Kier alpha value is -0.383. The van der Waals surface area contributed by atoms with Gasteiger partial charge in [-0.3, -0.25) is 0 Å². The molecule has 66 valence electrons. The molecule has 0 aliphatic rings. The van der Waals surface area contributed by atoms with E-state index in [9.17, 15) is 0 Å². The Morgan fingerprint density at radius 1 is 1.08 bits per heavy atom. The third kappa shape index (κ3) is 3.10. The van der Waals surface area contributed by atoms with E-state index in [2.05, 4.69) is 49.9 Å². The Labute approximate surface area is 93.3 Å². The molecule has 0 heterocycles. The van der Waals surface area contributed by atoms with Crippen molar-refractivity contribution in [3.63, 3.8) is 0 Å². The summed E-state index contributed by atoms with van der Waals surface area (Å²) in [6.07, 6.45) is 0. The number of anilines is 1. The molecule has 0 aromatic heterocycles. The second-order valence-electron chi connectivity index (χ2n) is 2.96. The summed E-state index contributed by atoms with van der Waals surface area (Å²) < 4.78 is 0. The van der Waals surface area contributed by atoms with Crippen LogP contribution in [0.5, 0.6) is 0 Å². The van der Waals surface area contributed by atoms with Crippen molar-refractivity contribution < 1.29 is 18.9 Å². The van der Waals surface area contributed by atoms with Gasteiger partial charge in [0, 0.05) is 18.8 Å². The van der Waals surface area contributed by atoms with Crippen LogP contribution in [0.2, 0.25) is 0 Å². The Kier molecular flexibility index (Phi) is 5.95. The van der Waals surface area contributed by atoms with Gasteiger partial charge in [0.05, 0.1) is 0 Å². The maximum Gasteiger partial charge on any atom is 1.00 e. The molecule has 1 aromatic carbocycles. The average molecular weight is 170 g/mol. The molecule has 0 radical (unpaired) electrons. The zero-order valence-electron chi connectivity index (χ0n) is 9.17. The number of para-hydroxylation sites is 1. The van der Waals surface area contributed by atoms with Crippen LogP contribution in [-0.4, -0.2) is 13.1 Å². The average Bonchev–Trinajstić information content (AvgIpc) is 2.10. The second-order valence-corrected chi connectivity index (χ2v) is 2.96. The SMILES string of the molecule is CCN(CC)c1ccccc1C.[Li+]. The van der Waals surface area contributed by atoms with Gasteiger partial charge < -0.3 is 4.90 Å². The molecule has 1 aromatic rings. The number of aryl methyl sites for hydroxylation is 1. The fourth-order valence-electron chi connectivity index (χ4n) is 1.48. The molecule has 13 heavy (non-hydrogen) atoms. The quantitative estimate of drug-likeness (QED) is 0.570. The van der Waals surface area contributed by atoms with Gasteiger partial charge in [0.15, 0.2) is 0 Å². The predicted octanol–water partition coefficient (Wildman–Crippen LogP) is -0.155. The number of hydrogen-bond acceptors (Lipinski definition) is 1. The standard InChI is InChI=1S/C11H17N.Li/c1-4-12(5-2)11-9-7-6-8-10(11)3;/h6-9H,4-5H2,1-3H3;/q;+1. The molecule has 0 aliphatic carbocycles. The second kappa shape index (κ2) is 6.13. The number of nitrogens with zero attached hydrogens (tertiary/aromatic N) is 1. The molecular weight excluding hydrogens is 153 g/mol. The van der Waals surface area contributed by atoms with Gasteiger partial charge in [-0.15, -0.1) is 0 Å². The van der Waals surface area contributed by atoms with E-state index in [1.807, 2.05) is 0 Å². The third-order valence-electron chi connectivity index (χ3n) is 2.22. The topological polar surface area (TPSA) is 3.24 Å². The zero-order chi connectivity index (χ0) is 8.97. The van der Waals surface area contributed by atoms with Crippen LogP contribution in [0.3, 0.4) is 0 Å². The van der Waals surface area contributed by atoms with Crippen LogP contribution >= 0.6 is 0 Å². The van der Waals surface area contributed by atoms with Gasteiger partial charge in [-0.1, -0.05) is 18.2 Å². The van der Waals surface area contributed by atoms with Crippen LogP contribution in [0, 0.1) is 6.92 Å². The number of benzene rings is 1. The van der Waals surface area contributed by atoms with Crippen molar-refractivity contribution in [1.82, 2.24) is 0 Å². The van der Waals surface area contributed by atoms with Gasteiger partial charge in [0.2, 0.25) is 0 Å². The van der Waals surface area contributed by atoms with Crippen molar-refractivity contribution in [1.29, 1.82) is 0 Å². The summed E-state index contributed by atoms with van der Waals surface area (Å²) in [4.78, 5) is 2.37. The minimum absolute atomic E-state index is 0. The van der Waals surface area contributed by atoms with Crippen molar-refractivity contribution in [3.05, 3.63) is 29.8 Å². The fourth-order valence-corrected chi connectivity index (χ4v) is 1.48. The summed E-state index contributed by atoms with van der Waals surface area (Å²) in [6.45, 7) is 8.71. The molecule has 0 spiro atoms. The van der Waals surface area contributed by atoms with Crippen LogP contribution in [0.1, 0.15) is 19.4 Å². The molecule has 0 atom stereocenters. The molecule has 0 saturated heterocycles. The molecule has 0 unspecified atom stereocenters. The van der Waals surface area contributed by atoms with Crippen LogP contribution in [0.25, 0.3) is 0 Å². The predicted molar refractivity (Wildman–Crippen MR) is 54.7 cm³/mol. The van der Waals surface area contributed by atoms with E-state index < -0.39 is 0 Å². The van der Waals surface area contributed by atoms with Crippen LogP contribution < -0.4 is 23.8 Å². The molecule has 0 N–H and O–H groups in total. The molecule has 0 saturated carbocycles. The first-order chi connectivity index (χ1) is 5.79. The third-order valence-corrected chi connectivity index (χ3v) is 2.22. The monoisotopic (exact) mass is 170 g/mol. The largest absolute Gasteiger partial charge is 1.00 e. The van der Waals surface area contributed by atoms with Gasteiger partial charge in [-0.25, -0.2) is 0 Å². The fraction of sp³-hybridized carbons (Fsp3) is 0.455. The van der Waals surface area contributed by atoms with E-state index in [0.29, 0.717) is 0 Å². The van der Waals surface area contributed by atoms with Crippen molar-refractivity contribution in [3.8, 4) is 0 Å². The van der Waals surface area contributed by atoms with Crippen LogP contribution in [0.15, 0.2) is 24.3 Å². The molecule has 0 bridgehead atoms. The molecule has 2 heteroatoms. The summed E-state index contributed by atoms with van der Waals surface area (Å²) in [5.41, 5.74) is 2.73. The summed E-state index contributed by atoms with van der Waals surface area (Å²) in [6, 6.07) is 8.53. The molecule has 0 fully saturated rings. The van der Waals surface area contributed by atoms with Crippen molar-refractivity contribution >= 4 is 5.69 Å². The number of rotatable bonds is 3. The van der Waals surface area contributed by atoms with Crippen molar-refractivity contribution in [2.45, 2.75) is 20.8 Å². The summed E-state index contributed by atoms with van der Waals surface area (Å²) in [5.74, 6) is 0. The molecule has 1 rings (SSSR count). The van der Waals surface area contributed by atoms with Gasteiger partial charge in [0.1, 0.15) is 0 Å². The Morgan fingerprint density at radius 3 is 2.08 bits per heavy atom. The minimum Gasteiger partial charge on any atom is -0.372 e. The van der Waals surface area contributed by atoms with Gasteiger partial charge in [-0.2, -0.15) is 0 Å². The maximum absolute atomic E-state index is 2.37. The van der Waals surface area contributed by atoms with E-state index in [1.54, 1.807) is 0 Å². The van der Waals surface area contributed by atoms with E-state index in [1.165, 1.54) is 11.3 Å². The van der Waals surface area contributed by atoms with E-state index >= 15 is 0 Å². The normalized spacial score (nSPS) is 9.15. The van der Waals surface area contributed by atoms with Gasteiger partial charge in [0.25, 0.3) is 0 Å². The van der Waals surface area contributed by atoms with E-state index in [4.69, 9.17) is 0 Å². The van der Waals surface area contributed by atoms with Crippen LogP contribution in [0.4, 0.5) is 5.69 Å². The van der Waals surface area contributed by atoms with Gasteiger partial charge in [-0.05, 0) is 32.4 Å². The Morgan fingerprint density at radius 2 is 1.62 bits per heavy atom. The first kappa shape index (κ1) is 12.6. The Balaban J connectivity index is 0.00000144. The first-order valence-corrected chi connectivity index (χ1v) is 4.60. The molecule has 0 amide bonds. The first-order valence-electron chi connectivity index (χ1n) is 4.60.